The number of para-hydroxylation sites is 3. The molecule has 1 aromatic heterocycles. The molecule has 0 saturated carbocycles. The summed E-state index contributed by atoms with van der Waals surface area (Å²) in [6.45, 7) is 1.85. The number of phenols is 1. The predicted octanol–water partition coefficient (Wildman–Crippen LogP) is 3.51. The topological polar surface area (TPSA) is 46.3 Å². The Bertz CT molecular complexity index is 653. The fourth-order valence-corrected chi connectivity index (χ4v) is 1.82. The second-order valence-corrected chi connectivity index (χ2v) is 3.96. The van der Waals surface area contributed by atoms with Crippen LogP contribution in [0.3, 0.4) is 0 Å². The minimum atomic E-state index is 0.221. The number of nitrogens with zero attached hydrogens (tertiary/aromatic N) is 1. The van der Waals surface area contributed by atoms with E-state index in [1.807, 2.05) is 43.3 Å². The molecule has 0 spiro atoms. The van der Waals surface area contributed by atoms with Gasteiger partial charge in [0.2, 0.25) is 5.89 Å². The lowest BCUT2D eigenvalue weighted by atomic mass is 10.1. The minimum Gasteiger partial charge on any atom is -0.507 e. The fourth-order valence-electron chi connectivity index (χ4n) is 1.82. The second-order valence-electron chi connectivity index (χ2n) is 3.96. The summed E-state index contributed by atoms with van der Waals surface area (Å²) < 4.78 is 5.62. The lowest BCUT2D eigenvalue weighted by Crippen LogP contribution is -1.81. The van der Waals surface area contributed by atoms with Crippen molar-refractivity contribution in [3.05, 3.63) is 48.0 Å². The third-order valence-electron chi connectivity index (χ3n) is 2.76. The van der Waals surface area contributed by atoms with Gasteiger partial charge in [-0.05, 0) is 30.7 Å². The van der Waals surface area contributed by atoms with Crippen LogP contribution in [0.1, 0.15) is 5.56 Å². The summed E-state index contributed by atoms with van der Waals surface area (Å²) in [6, 6.07) is 13.1. The van der Waals surface area contributed by atoms with E-state index in [0.29, 0.717) is 11.5 Å². The number of hydrogen-bond donors (Lipinski definition) is 1. The van der Waals surface area contributed by atoms with E-state index in [-0.39, 0.29) is 5.75 Å². The Labute approximate surface area is 98.3 Å². The first-order valence-electron chi connectivity index (χ1n) is 5.40. The van der Waals surface area contributed by atoms with E-state index in [1.54, 1.807) is 6.07 Å². The van der Waals surface area contributed by atoms with Gasteiger partial charge in [0.1, 0.15) is 11.3 Å². The summed E-state index contributed by atoms with van der Waals surface area (Å²) in [5, 5.41) is 9.98. The molecule has 3 heteroatoms. The maximum atomic E-state index is 9.98. The van der Waals surface area contributed by atoms with E-state index in [4.69, 9.17) is 4.42 Å². The van der Waals surface area contributed by atoms with E-state index < -0.39 is 0 Å². The maximum Gasteiger partial charge on any atom is 0.231 e. The van der Waals surface area contributed by atoms with Crippen molar-refractivity contribution in [2.75, 3.05) is 0 Å². The zero-order valence-electron chi connectivity index (χ0n) is 9.34. The van der Waals surface area contributed by atoms with E-state index in [0.717, 1.165) is 16.7 Å². The van der Waals surface area contributed by atoms with Crippen LogP contribution in [0.15, 0.2) is 46.9 Å². The van der Waals surface area contributed by atoms with Crippen LogP contribution in [0, 0.1) is 6.92 Å². The first-order chi connectivity index (χ1) is 8.25. The van der Waals surface area contributed by atoms with E-state index in [9.17, 15) is 5.11 Å². The Morgan fingerprint density at radius 1 is 1.06 bits per heavy atom. The average molecular weight is 225 g/mol. The van der Waals surface area contributed by atoms with E-state index in [1.165, 1.54) is 0 Å². The number of hydrogen-bond acceptors (Lipinski definition) is 3. The highest BCUT2D eigenvalue weighted by Gasteiger charge is 2.12. The molecule has 0 bridgehead atoms. The molecule has 0 fully saturated rings. The van der Waals surface area contributed by atoms with Gasteiger partial charge in [-0.15, -0.1) is 0 Å². The van der Waals surface area contributed by atoms with Crippen LogP contribution in [0.25, 0.3) is 22.6 Å². The summed E-state index contributed by atoms with van der Waals surface area (Å²) in [5.74, 6) is 0.673. The minimum absolute atomic E-state index is 0.221. The molecule has 17 heavy (non-hydrogen) atoms. The van der Waals surface area contributed by atoms with Gasteiger partial charge in [-0.1, -0.05) is 24.3 Å². The van der Waals surface area contributed by atoms with Crippen molar-refractivity contribution in [3.63, 3.8) is 0 Å². The number of phenolic OH excluding ortho intramolecular Hbond substituents is 1. The van der Waals surface area contributed by atoms with Crippen molar-refractivity contribution in [2.45, 2.75) is 6.92 Å². The van der Waals surface area contributed by atoms with Crippen LogP contribution >= 0.6 is 0 Å². The zero-order valence-corrected chi connectivity index (χ0v) is 9.34. The summed E-state index contributed by atoms with van der Waals surface area (Å²) >= 11 is 0. The van der Waals surface area contributed by atoms with E-state index >= 15 is 0 Å². The molecule has 2 aromatic carbocycles. The highest BCUT2D eigenvalue weighted by molar-refractivity contribution is 5.77. The van der Waals surface area contributed by atoms with Crippen molar-refractivity contribution in [1.82, 2.24) is 4.98 Å². The predicted molar refractivity (Wildman–Crippen MR) is 65.8 cm³/mol. The van der Waals surface area contributed by atoms with Crippen LogP contribution in [0.5, 0.6) is 5.75 Å². The van der Waals surface area contributed by atoms with Crippen molar-refractivity contribution in [2.24, 2.45) is 0 Å². The van der Waals surface area contributed by atoms with Crippen LogP contribution in [-0.4, -0.2) is 10.1 Å². The summed E-state index contributed by atoms with van der Waals surface area (Å²) in [7, 11) is 0. The lowest BCUT2D eigenvalue weighted by molar-refractivity contribution is 0.470. The quantitative estimate of drug-likeness (QED) is 0.689. The first-order valence-corrected chi connectivity index (χ1v) is 5.40. The SMILES string of the molecule is Cc1cccc(-c2nc3ccccc3o2)c1O. The number of benzene rings is 2. The number of rotatable bonds is 1. The van der Waals surface area contributed by atoms with Crippen molar-refractivity contribution in [1.29, 1.82) is 0 Å². The zero-order chi connectivity index (χ0) is 11.8. The van der Waals surface area contributed by atoms with Crippen molar-refractivity contribution in [3.8, 4) is 17.2 Å². The Balaban J connectivity index is 2.24. The molecule has 1 N–H and O–H groups in total. The molecule has 0 atom stereocenters. The first kappa shape index (κ1) is 9.90. The number of aromatic hydroxyl groups is 1. The highest BCUT2D eigenvalue weighted by Crippen LogP contribution is 2.32. The molecular formula is C14H11NO2. The molecule has 3 nitrogen and oxygen atoms in total. The molecule has 3 rings (SSSR count). The lowest BCUT2D eigenvalue weighted by Gasteiger charge is -2.02. The molecule has 0 radical (unpaired) electrons. The van der Waals surface area contributed by atoms with Crippen LogP contribution in [0.2, 0.25) is 0 Å². The van der Waals surface area contributed by atoms with Crippen molar-refractivity contribution >= 4 is 11.1 Å². The molecule has 3 aromatic rings. The van der Waals surface area contributed by atoms with Crippen molar-refractivity contribution < 1.29 is 9.52 Å². The number of fused-ring (bicyclic) bond motifs is 1. The molecule has 0 unspecified atom stereocenters. The Morgan fingerprint density at radius 3 is 2.71 bits per heavy atom. The van der Waals surface area contributed by atoms with Gasteiger partial charge in [0.15, 0.2) is 5.58 Å². The monoisotopic (exact) mass is 225 g/mol. The third kappa shape index (κ3) is 1.56. The van der Waals surface area contributed by atoms with Gasteiger partial charge in [-0.2, -0.15) is 0 Å². The normalized spacial score (nSPS) is 10.9. The molecule has 84 valence electrons. The van der Waals surface area contributed by atoms with E-state index in [2.05, 4.69) is 4.98 Å². The molecular weight excluding hydrogens is 214 g/mol. The van der Waals surface area contributed by atoms with Crippen LogP contribution < -0.4 is 0 Å². The molecule has 0 aliphatic carbocycles. The van der Waals surface area contributed by atoms with Gasteiger partial charge < -0.3 is 9.52 Å². The highest BCUT2D eigenvalue weighted by atomic mass is 16.3. The van der Waals surface area contributed by atoms with Crippen LogP contribution in [-0.2, 0) is 0 Å². The Kier molecular flexibility index (Phi) is 2.11. The fraction of sp³-hybridized carbons (Fsp3) is 0.0714. The third-order valence-corrected chi connectivity index (χ3v) is 2.76. The molecule has 0 aliphatic rings. The average Bonchev–Trinajstić information content (AvgIpc) is 2.76. The Hall–Kier alpha value is -2.29. The largest absolute Gasteiger partial charge is 0.507 e. The summed E-state index contributed by atoms with van der Waals surface area (Å²) in [4.78, 5) is 4.36. The number of oxazole rings is 1. The number of aryl methyl sites for hydroxylation is 1. The standard InChI is InChI=1S/C14H11NO2/c1-9-5-4-6-10(13(9)16)14-15-11-7-2-3-8-12(11)17-14/h2-8,16H,1H3. The maximum absolute atomic E-state index is 9.98. The van der Waals surface area contributed by atoms with Gasteiger partial charge in [0, 0.05) is 0 Å². The Morgan fingerprint density at radius 2 is 1.88 bits per heavy atom. The molecule has 0 amide bonds. The van der Waals surface area contributed by atoms with Gasteiger partial charge in [-0.25, -0.2) is 4.98 Å². The summed E-state index contributed by atoms with van der Waals surface area (Å²) in [5.41, 5.74) is 2.96. The summed E-state index contributed by atoms with van der Waals surface area (Å²) in [6.07, 6.45) is 0. The van der Waals surface area contributed by atoms with Crippen LogP contribution in [0.4, 0.5) is 0 Å². The second kappa shape index (κ2) is 3.63. The molecule has 0 saturated heterocycles. The van der Waals surface area contributed by atoms with Gasteiger partial charge in [-0.3, -0.25) is 0 Å². The van der Waals surface area contributed by atoms with Gasteiger partial charge in [0.25, 0.3) is 0 Å². The molecule has 1 heterocycles. The smallest absolute Gasteiger partial charge is 0.231 e. The number of aromatic nitrogens is 1. The van der Waals surface area contributed by atoms with Gasteiger partial charge in [0.05, 0.1) is 5.56 Å². The molecule has 0 aliphatic heterocycles. The van der Waals surface area contributed by atoms with Gasteiger partial charge >= 0.3 is 0 Å².